The first-order valence-corrected chi connectivity index (χ1v) is 2.54. The van der Waals surface area contributed by atoms with Crippen LogP contribution in [0.15, 0.2) is 0 Å². The van der Waals surface area contributed by atoms with Gasteiger partial charge in [0.15, 0.2) is 0 Å². The highest BCUT2D eigenvalue weighted by Gasteiger charge is 1.91. The Kier molecular flexibility index (Phi) is 10.6. The van der Waals surface area contributed by atoms with Crippen molar-refractivity contribution in [2.75, 3.05) is 26.7 Å². The standard InChI is InChI=1S/C5H11NO2.BrH/c1-6(2-4-7)3-5-8;/h4,8H,2-3,5H2,1H3;1H. The summed E-state index contributed by atoms with van der Waals surface area (Å²) in [6.45, 7) is 1.09. The smallest absolute Gasteiger partial charge is 0.133 e. The third-order valence-corrected chi connectivity index (χ3v) is 0.868. The zero-order chi connectivity index (χ0) is 6.41. The Morgan fingerprint density at radius 3 is 2.56 bits per heavy atom. The number of aliphatic hydroxyl groups excluding tert-OH is 1. The summed E-state index contributed by atoms with van der Waals surface area (Å²) < 4.78 is 0. The number of halogens is 1. The van der Waals surface area contributed by atoms with E-state index in [1.165, 1.54) is 0 Å². The number of nitrogens with zero attached hydrogens (tertiary/aromatic N) is 1. The first-order valence-electron chi connectivity index (χ1n) is 2.54. The zero-order valence-corrected chi connectivity index (χ0v) is 7.12. The van der Waals surface area contributed by atoms with E-state index in [0.717, 1.165) is 6.29 Å². The number of rotatable bonds is 4. The molecule has 0 aliphatic rings. The summed E-state index contributed by atoms with van der Waals surface area (Å²) in [5, 5.41) is 8.31. The predicted octanol–water partition coefficient (Wildman–Crippen LogP) is -0.313. The Morgan fingerprint density at radius 1 is 1.67 bits per heavy atom. The van der Waals surface area contributed by atoms with Gasteiger partial charge in [0, 0.05) is 6.54 Å². The third kappa shape index (κ3) is 8.07. The van der Waals surface area contributed by atoms with E-state index in [0.29, 0.717) is 13.1 Å². The molecule has 9 heavy (non-hydrogen) atoms. The van der Waals surface area contributed by atoms with Gasteiger partial charge in [-0.2, -0.15) is 0 Å². The quantitative estimate of drug-likeness (QED) is 0.630. The van der Waals surface area contributed by atoms with Gasteiger partial charge >= 0.3 is 0 Å². The fourth-order valence-corrected chi connectivity index (χ4v) is 0.389. The fraction of sp³-hybridized carbons (Fsp3) is 0.800. The molecule has 0 unspecified atom stereocenters. The Labute approximate surface area is 65.4 Å². The number of hydrogen-bond donors (Lipinski definition) is 1. The summed E-state index contributed by atoms with van der Waals surface area (Å²) in [5.41, 5.74) is 0. The van der Waals surface area contributed by atoms with Crippen LogP contribution in [-0.2, 0) is 4.79 Å². The van der Waals surface area contributed by atoms with E-state index in [2.05, 4.69) is 0 Å². The lowest BCUT2D eigenvalue weighted by Gasteiger charge is -2.08. The predicted molar refractivity (Wildman–Crippen MR) is 41.0 cm³/mol. The van der Waals surface area contributed by atoms with Crippen LogP contribution in [-0.4, -0.2) is 43.0 Å². The number of aldehydes is 1. The number of carbonyl (C=O) groups is 1. The van der Waals surface area contributed by atoms with Crippen LogP contribution in [0.5, 0.6) is 0 Å². The van der Waals surface area contributed by atoms with E-state index in [4.69, 9.17) is 5.11 Å². The Morgan fingerprint density at radius 2 is 2.22 bits per heavy atom. The number of aliphatic hydroxyl groups is 1. The molecule has 0 aliphatic heterocycles. The molecule has 3 nitrogen and oxygen atoms in total. The molecule has 4 heteroatoms. The third-order valence-electron chi connectivity index (χ3n) is 0.868. The fourth-order valence-electron chi connectivity index (χ4n) is 0.389. The summed E-state index contributed by atoms with van der Waals surface area (Å²) in [4.78, 5) is 11.5. The molecule has 0 saturated heterocycles. The highest BCUT2D eigenvalue weighted by Crippen LogP contribution is 1.74. The van der Waals surface area contributed by atoms with E-state index in [1.54, 1.807) is 11.9 Å². The van der Waals surface area contributed by atoms with E-state index in [1.807, 2.05) is 0 Å². The molecule has 0 aromatic carbocycles. The molecule has 0 saturated carbocycles. The van der Waals surface area contributed by atoms with Crippen molar-refractivity contribution in [3.05, 3.63) is 0 Å². The Balaban J connectivity index is 0. The van der Waals surface area contributed by atoms with Crippen LogP contribution in [0.1, 0.15) is 0 Å². The minimum atomic E-state index is 0. The number of likely N-dealkylation sites (N-methyl/N-ethyl adjacent to an activating group) is 1. The summed E-state index contributed by atoms with van der Waals surface area (Å²) in [6, 6.07) is 0. The maximum atomic E-state index is 9.77. The lowest BCUT2D eigenvalue weighted by atomic mass is 10.5. The molecule has 0 heterocycles. The maximum Gasteiger partial charge on any atom is 0.133 e. The average molecular weight is 198 g/mol. The van der Waals surface area contributed by atoms with Gasteiger partial charge in [-0.1, -0.05) is 0 Å². The molecule has 0 aromatic heterocycles. The molecule has 0 radical (unpaired) electrons. The van der Waals surface area contributed by atoms with Crippen LogP contribution in [0.4, 0.5) is 0 Å². The van der Waals surface area contributed by atoms with Crippen molar-refractivity contribution in [3.63, 3.8) is 0 Å². The van der Waals surface area contributed by atoms with Gasteiger partial charge in [0.2, 0.25) is 0 Å². The molecule has 0 rings (SSSR count). The van der Waals surface area contributed by atoms with Gasteiger partial charge in [-0.15, -0.1) is 17.0 Å². The van der Waals surface area contributed by atoms with Crippen LogP contribution in [0.3, 0.4) is 0 Å². The van der Waals surface area contributed by atoms with Crippen molar-refractivity contribution in [3.8, 4) is 0 Å². The lowest BCUT2D eigenvalue weighted by Crippen LogP contribution is -2.23. The highest BCUT2D eigenvalue weighted by molar-refractivity contribution is 8.93. The first-order chi connectivity index (χ1) is 3.81. The normalized spacial score (nSPS) is 8.78. The highest BCUT2D eigenvalue weighted by atomic mass is 79.9. The monoisotopic (exact) mass is 197 g/mol. The van der Waals surface area contributed by atoms with Crippen molar-refractivity contribution in [2.45, 2.75) is 0 Å². The molecule has 0 spiro atoms. The number of hydrogen-bond acceptors (Lipinski definition) is 3. The van der Waals surface area contributed by atoms with Crippen LogP contribution in [0, 0.1) is 0 Å². The van der Waals surface area contributed by atoms with Crippen molar-refractivity contribution in [1.29, 1.82) is 0 Å². The van der Waals surface area contributed by atoms with Crippen molar-refractivity contribution >= 4 is 23.3 Å². The Hall–Kier alpha value is 0.0700. The van der Waals surface area contributed by atoms with Gasteiger partial charge in [0.1, 0.15) is 6.29 Å². The summed E-state index contributed by atoms with van der Waals surface area (Å²) in [7, 11) is 1.78. The lowest BCUT2D eigenvalue weighted by molar-refractivity contribution is -0.108. The minimum absolute atomic E-state index is 0. The number of carbonyl (C=O) groups excluding carboxylic acids is 1. The van der Waals surface area contributed by atoms with Gasteiger partial charge in [-0.25, -0.2) is 0 Å². The molecule has 0 aliphatic carbocycles. The zero-order valence-electron chi connectivity index (χ0n) is 5.41. The van der Waals surface area contributed by atoms with Crippen LogP contribution in [0.2, 0.25) is 0 Å². The van der Waals surface area contributed by atoms with Gasteiger partial charge in [0.25, 0.3) is 0 Å². The van der Waals surface area contributed by atoms with Crippen molar-refractivity contribution < 1.29 is 9.90 Å². The first kappa shape index (κ1) is 11.8. The summed E-state index contributed by atoms with van der Waals surface area (Å²) >= 11 is 0. The second kappa shape index (κ2) is 8.07. The molecular weight excluding hydrogens is 186 g/mol. The van der Waals surface area contributed by atoms with Crippen LogP contribution < -0.4 is 0 Å². The molecule has 0 aromatic rings. The second-order valence-corrected chi connectivity index (χ2v) is 1.65. The topological polar surface area (TPSA) is 40.5 Å². The van der Waals surface area contributed by atoms with Gasteiger partial charge < -0.3 is 9.90 Å². The van der Waals surface area contributed by atoms with E-state index >= 15 is 0 Å². The molecule has 0 fully saturated rings. The molecule has 0 amide bonds. The minimum Gasteiger partial charge on any atom is -0.395 e. The Bertz CT molecular complexity index is 70.0. The molecule has 56 valence electrons. The summed E-state index contributed by atoms with van der Waals surface area (Å²) in [5.74, 6) is 0. The van der Waals surface area contributed by atoms with Gasteiger partial charge in [-0.05, 0) is 7.05 Å². The van der Waals surface area contributed by atoms with E-state index in [9.17, 15) is 4.79 Å². The van der Waals surface area contributed by atoms with Gasteiger partial charge in [0.05, 0.1) is 13.2 Å². The van der Waals surface area contributed by atoms with Gasteiger partial charge in [-0.3, -0.25) is 4.90 Å². The second-order valence-electron chi connectivity index (χ2n) is 1.65. The maximum absolute atomic E-state index is 9.77. The molecule has 0 atom stereocenters. The largest absolute Gasteiger partial charge is 0.395 e. The summed E-state index contributed by atoms with van der Waals surface area (Å²) in [6.07, 6.45) is 0.815. The van der Waals surface area contributed by atoms with Crippen molar-refractivity contribution in [1.82, 2.24) is 4.90 Å². The SMILES string of the molecule is Br.CN(CC=O)CCO. The molecule has 0 bridgehead atoms. The van der Waals surface area contributed by atoms with E-state index < -0.39 is 0 Å². The van der Waals surface area contributed by atoms with Crippen molar-refractivity contribution in [2.24, 2.45) is 0 Å². The van der Waals surface area contributed by atoms with Crippen LogP contribution >= 0.6 is 17.0 Å². The molecule has 1 N–H and O–H groups in total. The molecular formula is C5H12BrNO2. The van der Waals surface area contributed by atoms with Crippen LogP contribution in [0.25, 0.3) is 0 Å². The van der Waals surface area contributed by atoms with E-state index in [-0.39, 0.29) is 23.6 Å². The average Bonchev–Trinajstić information content (AvgIpc) is 1.68.